The molecule has 0 fully saturated rings. The first kappa shape index (κ1) is 13.8. The summed E-state index contributed by atoms with van der Waals surface area (Å²) in [5.41, 5.74) is 6.44. The number of benzene rings is 1. The fourth-order valence-electron chi connectivity index (χ4n) is 1.54. The molecule has 1 aromatic rings. The molecule has 0 heterocycles. The molecule has 94 valence electrons. The van der Waals surface area contributed by atoms with Gasteiger partial charge in [0.15, 0.2) is 0 Å². The van der Waals surface area contributed by atoms with Gasteiger partial charge in [0, 0.05) is 5.02 Å². The summed E-state index contributed by atoms with van der Waals surface area (Å²) in [7, 11) is 3.06. The monoisotopic (exact) mass is 258 g/mol. The third kappa shape index (κ3) is 3.09. The van der Waals surface area contributed by atoms with Crippen molar-refractivity contribution in [3.05, 3.63) is 28.8 Å². The molecule has 0 bridgehead atoms. The van der Waals surface area contributed by atoms with Gasteiger partial charge in [0.05, 0.1) is 13.2 Å². The fraction of sp³-hybridized carbons (Fsp3) is 0.364. The van der Waals surface area contributed by atoms with E-state index in [1.165, 1.54) is 14.2 Å². The van der Waals surface area contributed by atoms with Gasteiger partial charge in [0.25, 0.3) is 0 Å². The Hall–Kier alpha value is -1.30. The Kier molecular flexibility index (Phi) is 4.74. The molecule has 0 saturated heterocycles. The molecule has 5 nitrogen and oxygen atoms in total. The summed E-state index contributed by atoms with van der Waals surface area (Å²) in [6.07, 6.45) is 0. The van der Waals surface area contributed by atoms with Crippen LogP contribution < -0.4 is 15.8 Å². The number of carboxylic acid groups (broad SMARTS) is 1. The average molecular weight is 259 g/mol. The number of rotatable bonds is 5. The van der Waals surface area contributed by atoms with Gasteiger partial charge in [-0.25, -0.2) is 0 Å². The number of methoxy groups -OCH3 is 1. The first-order chi connectivity index (χ1) is 8.01. The van der Waals surface area contributed by atoms with E-state index >= 15 is 0 Å². The number of halogens is 1. The van der Waals surface area contributed by atoms with E-state index in [9.17, 15) is 4.79 Å². The van der Waals surface area contributed by atoms with E-state index in [4.69, 9.17) is 27.2 Å². The number of hydrogen-bond acceptors (Lipinski definition) is 4. The highest BCUT2D eigenvalue weighted by atomic mass is 35.5. The summed E-state index contributed by atoms with van der Waals surface area (Å²) in [6.45, 7) is 0. The molecule has 1 aromatic carbocycles. The van der Waals surface area contributed by atoms with Crippen molar-refractivity contribution < 1.29 is 14.6 Å². The second-order valence-electron chi connectivity index (χ2n) is 3.52. The van der Waals surface area contributed by atoms with Crippen LogP contribution in [-0.2, 0) is 4.79 Å². The minimum Gasteiger partial charge on any atom is -0.497 e. The largest absolute Gasteiger partial charge is 0.497 e. The van der Waals surface area contributed by atoms with Crippen LogP contribution in [0.5, 0.6) is 5.75 Å². The van der Waals surface area contributed by atoms with Crippen molar-refractivity contribution in [3.63, 3.8) is 0 Å². The van der Waals surface area contributed by atoms with E-state index in [-0.39, 0.29) is 0 Å². The first-order valence-electron chi connectivity index (χ1n) is 5.00. The molecule has 2 unspecified atom stereocenters. The number of aliphatic carboxylic acids is 1. The minimum atomic E-state index is -1.02. The lowest BCUT2D eigenvalue weighted by Crippen LogP contribution is -2.43. The maximum atomic E-state index is 11.0. The van der Waals surface area contributed by atoms with E-state index in [0.717, 1.165) is 0 Å². The third-order valence-corrected chi connectivity index (χ3v) is 2.83. The predicted octanol–water partition coefficient (Wildman–Crippen LogP) is 1.02. The number of ether oxygens (including phenoxy) is 1. The van der Waals surface area contributed by atoms with Crippen molar-refractivity contribution in [2.45, 2.75) is 12.1 Å². The van der Waals surface area contributed by atoms with Gasteiger partial charge >= 0.3 is 5.97 Å². The lowest BCUT2D eigenvalue weighted by atomic mass is 10.00. The summed E-state index contributed by atoms with van der Waals surface area (Å²) in [4.78, 5) is 11.0. The normalized spacial score (nSPS) is 14.1. The summed E-state index contributed by atoms with van der Waals surface area (Å²) < 4.78 is 5.01. The smallest absolute Gasteiger partial charge is 0.322 e. The van der Waals surface area contributed by atoms with Gasteiger partial charge in [-0.3, -0.25) is 4.79 Å². The van der Waals surface area contributed by atoms with E-state index in [0.29, 0.717) is 16.3 Å². The van der Waals surface area contributed by atoms with E-state index in [2.05, 4.69) is 5.32 Å². The molecule has 0 aliphatic heterocycles. The molecule has 0 aliphatic carbocycles. The lowest BCUT2D eigenvalue weighted by Gasteiger charge is -2.21. The van der Waals surface area contributed by atoms with Gasteiger partial charge in [-0.15, -0.1) is 0 Å². The van der Waals surface area contributed by atoms with Crippen molar-refractivity contribution >= 4 is 17.6 Å². The Morgan fingerprint density at radius 3 is 2.65 bits per heavy atom. The van der Waals surface area contributed by atoms with Gasteiger partial charge in [0.2, 0.25) is 0 Å². The molecule has 17 heavy (non-hydrogen) atoms. The van der Waals surface area contributed by atoms with Crippen molar-refractivity contribution in [1.29, 1.82) is 0 Å². The van der Waals surface area contributed by atoms with Crippen LogP contribution in [0, 0.1) is 0 Å². The molecule has 6 heteroatoms. The van der Waals surface area contributed by atoms with Crippen molar-refractivity contribution in [2.24, 2.45) is 5.73 Å². The molecule has 4 N–H and O–H groups in total. The van der Waals surface area contributed by atoms with Crippen molar-refractivity contribution in [2.75, 3.05) is 14.2 Å². The molecule has 0 aromatic heterocycles. The highest BCUT2D eigenvalue weighted by Crippen LogP contribution is 2.27. The quantitative estimate of drug-likeness (QED) is 0.734. The number of carbonyl (C=O) groups is 1. The average Bonchev–Trinajstić information content (AvgIpc) is 2.28. The number of nitrogens with one attached hydrogen (secondary N) is 1. The van der Waals surface area contributed by atoms with Crippen LogP contribution in [0.1, 0.15) is 11.6 Å². The van der Waals surface area contributed by atoms with Crippen LogP contribution >= 0.6 is 11.6 Å². The molecular formula is C11H15ClN2O3. The zero-order valence-corrected chi connectivity index (χ0v) is 10.4. The van der Waals surface area contributed by atoms with Gasteiger partial charge in [-0.2, -0.15) is 0 Å². The van der Waals surface area contributed by atoms with Crippen LogP contribution in [0.2, 0.25) is 5.02 Å². The lowest BCUT2D eigenvalue weighted by molar-refractivity contribution is -0.139. The second kappa shape index (κ2) is 5.86. The molecule has 0 radical (unpaired) electrons. The fourth-order valence-corrected chi connectivity index (χ4v) is 1.84. The van der Waals surface area contributed by atoms with Crippen molar-refractivity contribution in [1.82, 2.24) is 5.32 Å². The number of likely N-dealkylation sites (N-methyl/N-ethyl adjacent to an activating group) is 1. The second-order valence-corrected chi connectivity index (χ2v) is 3.93. The third-order valence-electron chi connectivity index (χ3n) is 2.50. The van der Waals surface area contributed by atoms with E-state index in [1.807, 2.05) is 0 Å². The van der Waals surface area contributed by atoms with Crippen LogP contribution in [0.15, 0.2) is 18.2 Å². The standard InChI is InChI=1S/C11H15ClN2O3/c1-14-10(11(15)16)9(13)7-4-3-6(17-2)5-8(7)12/h3-5,9-10,14H,13H2,1-2H3,(H,15,16). The van der Waals surface area contributed by atoms with E-state index < -0.39 is 18.1 Å². The van der Waals surface area contributed by atoms with Gasteiger partial charge in [-0.1, -0.05) is 17.7 Å². The van der Waals surface area contributed by atoms with Crippen LogP contribution in [0.3, 0.4) is 0 Å². The summed E-state index contributed by atoms with van der Waals surface area (Å²) >= 11 is 6.03. The first-order valence-corrected chi connectivity index (χ1v) is 5.38. The van der Waals surface area contributed by atoms with Gasteiger partial charge in [-0.05, 0) is 24.7 Å². The predicted molar refractivity (Wildman–Crippen MR) is 65.4 cm³/mol. The van der Waals surface area contributed by atoms with Gasteiger partial charge < -0.3 is 20.9 Å². The Balaban J connectivity index is 3.03. The molecular weight excluding hydrogens is 244 g/mol. The SMILES string of the molecule is CNC(C(=O)O)C(N)c1ccc(OC)cc1Cl. The van der Waals surface area contributed by atoms with Crippen LogP contribution in [-0.4, -0.2) is 31.3 Å². The Bertz CT molecular complexity index is 412. The van der Waals surface area contributed by atoms with Crippen molar-refractivity contribution in [3.8, 4) is 5.75 Å². The topological polar surface area (TPSA) is 84.6 Å². The maximum Gasteiger partial charge on any atom is 0.322 e. The molecule has 1 rings (SSSR count). The summed E-state index contributed by atoms with van der Waals surface area (Å²) in [5, 5.41) is 12.0. The summed E-state index contributed by atoms with van der Waals surface area (Å²) in [5.74, 6) is -0.422. The minimum absolute atomic E-state index is 0.387. The molecule has 2 atom stereocenters. The van der Waals surface area contributed by atoms with Crippen LogP contribution in [0.4, 0.5) is 0 Å². The molecule has 0 spiro atoms. The molecule has 0 amide bonds. The Morgan fingerprint density at radius 1 is 1.59 bits per heavy atom. The summed E-state index contributed by atoms with van der Waals surface area (Å²) in [6, 6.07) is 3.34. The maximum absolute atomic E-state index is 11.0. The zero-order chi connectivity index (χ0) is 13.0. The zero-order valence-electron chi connectivity index (χ0n) is 9.61. The van der Waals surface area contributed by atoms with Crippen LogP contribution in [0.25, 0.3) is 0 Å². The Labute approximate surface area is 105 Å². The number of carboxylic acids is 1. The van der Waals surface area contributed by atoms with Gasteiger partial charge in [0.1, 0.15) is 11.8 Å². The Morgan fingerprint density at radius 2 is 2.24 bits per heavy atom. The number of hydrogen-bond donors (Lipinski definition) is 3. The number of nitrogens with two attached hydrogens (primary N) is 1. The highest BCUT2D eigenvalue weighted by molar-refractivity contribution is 6.31. The van der Waals surface area contributed by atoms with E-state index in [1.54, 1.807) is 18.2 Å². The highest BCUT2D eigenvalue weighted by Gasteiger charge is 2.26. The molecule has 0 aliphatic rings. The molecule has 0 saturated carbocycles.